The number of carbonyl (C=O) groups excluding carboxylic acids is 1. The summed E-state index contributed by atoms with van der Waals surface area (Å²) in [5.41, 5.74) is 10.5. The number of rotatable bonds is 3. The average Bonchev–Trinajstić information content (AvgIpc) is 3.40. The summed E-state index contributed by atoms with van der Waals surface area (Å²) >= 11 is 27.5. The van der Waals surface area contributed by atoms with Crippen molar-refractivity contribution in [1.29, 1.82) is 0 Å². The van der Waals surface area contributed by atoms with Crippen LogP contribution < -0.4 is 5.32 Å². The number of aryl methyl sites for hydroxylation is 4. The summed E-state index contributed by atoms with van der Waals surface area (Å²) in [6, 6.07) is 12.8. The number of likely N-dealkylation sites (tertiary alicyclic amines) is 1. The van der Waals surface area contributed by atoms with E-state index in [1.54, 1.807) is 0 Å². The molecule has 2 aromatic carbocycles. The van der Waals surface area contributed by atoms with E-state index in [9.17, 15) is 4.79 Å². The van der Waals surface area contributed by atoms with Gasteiger partial charge in [-0.1, -0.05) is 62.0 Å². The molecule has 2 saturated heterocycles. The highest BCUT2D eigenvalue weighted by molar-refractivity contribution is 9.11. The van der Waals surface area contributed by atoms with E-state index in [0.717, 1.165) is 92.6 Å². The Bertz CT molecular complexity index is 1960. The van der Waals surface area contributed by atoms with Gasteiger partial charge in [0.05, 0.1) is 11.4 Å². The first kappa shape index (κ1) is 38.9. The van der Waals surface area contributed by atoms with Crippen molar-refractivity contribution in [3.05, 3.63) is 121 Å². The number of piperidine rings is 2. The molecule has 2 aromatic heterocycles. The minimum absolute atomic E-state index is 0.228. The van der Waals surface area contributed by atoms with Crippen LogP contribution in [0.1, 0.15) is 95.6 Å². The molecule has 0 unspecified atom stereocenters. The molecule has 1 N–H and O–H groups in total. The molecule has 5 nitrogen and oxygen atoms in total. The molecule has 52 heavy (non-hydrogen) atoms. The standard InChI is InChI=1S/C22H23Br2ClN2O.C19H19Br2ClN2/c1-2-19(28)27-7-5-13(6-8-27)21-20-14(10-17(25)11-18(20)24)3-4-15-9-16(23)12-26-22(15)21;20-14-7-13-2-1-12-8-15(22)9-16(21)17(12)18(19(13)24-10-14)11-3-5-23-6-4-11/h9-13,21H,2-8H2,1H3;7-11,18,23H,1-6H2/t21-;18-/m11/s1. The second-order valence-electron chi connectivity index (χ2n) is 14.4. The monoisotopic (exact) mass is 992 g/mol. The van der Waals surface area contributed by atoms with E-state index in [1.165, 1.54) is 57.6 Å². The summed E-state index contributed by atoms with van der Waals surface area (Å²) in [5, 5.41) is 5.07. The van der Waals surface area contributed by atoms with Gasteiger partial charge < -0.3 is 10.2 Å². The Morgan fingerprint density at radius 1 is 0.692 bits per heavy atom. The van der Waals surface area contributed by atoms with Gasteiger partial charge in [0.15, 0.2) is 0 Å². The van der Waals surface area contributed by atoms with Crippen molar-refractivity contribution in [3.63, 3.8) is 0 Å². The van der Waals surface area contributed by atoms with Crippen LogP contribution in [0.5, 0.6) is 0 Å². The van der Waals surface area contributed by atoms with E-state index in [2.05, 4.69) is 93.3 Å². The highest BCUT2D eigenvalue weighted by atomic mass is 79.9. The third-order valence-electron chi connectivity index (χ3n) is 11.4. The van der Waals surface area contributed by atoms with Crippen LogP contribution in [0, 0.1) is 11.8 Å². The molecule has 2 fully saturated rings. The van der Waals surface area contributed by atoms with Crippen LogP contribution in [-0.2, 0) is 30.5 Å². The predicted molar refractivity (Wildman–Crippen MR) is 226 cm³/mol. The third-order valence-corrected chi connectivity index (χ3v) is 14.0. The molecule has 1 amide bonds. The van der Waals surface area contributed by atoms with Gasteiger partial charge in [-0.2, -0.15) is 0 Å². The van der Waals surface area contributed by atoms with E-state index in [-0.39, 0.29) is 11.8 Å². The first-order chi connectivity index (χ1) is 25.1. The van der Waals surface area contributed by atoms with Gasteiger partial charge >= 0.3 is 0 Å². The third kappa shape index (κ3) is 8.41. The van der Waals surface area contributed by atoms with Crippen LogP contribution in [0.4, 0.5) is 0 Å². The van der Waals surface area contributed by atoms with Gasteiger partial charge in [-0.3, -0.25) is 14.8 Å². The highest BCUT2D eigenvalue weighted by Crippen LogP contribution is 2.47. The molecule has 0 spiro atoms. The molecule has 4 heterocycles. The minimum Gasteiger partial charge on any atom is -0.343 e. The molecular formula is C41H42Br4Cl2N4O. The fraction of sp³-hybridized carbons (Fsp3) is 0.439. The van der Waals surface area contributed by atoms with Crippen molar-refractivity contribution in [2.24, 2.45) is 11.8 Å². The number of nitrogens with one attached hydrogen (secondary N) is 1. The van der Waals surface area contributed by atoms with E-state index >= 15 is 0 Å². The zero-order chi connectivity index (χ0) is 36.5. The van der Waals surface area contributed by atoms with Gasteiger partial charge in [0.2, 0.25) is 5.91 Å². The Balaban J connectivity index is 0.000000164. The van der Waals surface area contributed by atoms with Gasteiger partial charge in [-0.15, -0.1) is 0 Å². The zero-order valence-corrected chi connectivity index (χ0v) is 37.0. The Labute approximate surface area is 351 Å². The molecule has 0 bridgehead atoms. The Hall–Kier alpha value is -1.33. The van der Waals surface area contributed by atoms with Crippen LogP contribution in [0.25, 0.3) is 0 Å². The van der Waals surface area contributed by atoms with Gasteiger partial charge in [-0.25, -0.2) is 0 Å². The number of fused-ring (bicyclic) bond motifs is 4. The number of carbonyl (C=O) groups is 1. The summed E-state index contributed by atoms with van der Waals surface area (Å²) in [6.07, 6.45) is 12.8. The summed E-state index contributed by atoms with van der Waals surface area (Å²) in [4.78, 5) is 23.9. The lowest BCUT2D eigenvalue weighted by Gasteiger charge is -2.37. The summed E-state index contributed by atoms with van der Waals surface area (Å²) in [5.74, 6) is 1.91. The average molecular weight is 997 g/mol. The number of pyridine rings is 2. The summed E-state index contributed by atoms with van der Waals surface area (Å²) in [6.45, 7) is 5.79. The number of amides is 1. The Morgan fingerprint density at radius 3 is 1.60 bits per heavy atom. The molecule has 2 atom stereocenters. The minimum atomic E-state index is 0.228. The molecular weight excluding hydrogens is 955 g/mol. The van der Waals surface area contributed by atoms with E-state index in [0.29, 0.717) is 24.2 Å². The number of benzene rings is 2. The first-order valence-corrected chi connectivity index (χ1v) is 22.3. The number of aromatic nitrogens is 2. The van der Waals surface area contributed by atoms with Crippen molar-refractivity contribution >= 4 is 92.8 Å². The van der Waals surface area contributed by atoms with Crippen molar-refractivity contribution in [2.75, 3.05) is 26.2 Å². The topological polar surface area (TPSA) is 58.1 Å². The highest BCUT2D eigenvalue weighted by Gasteiger charge is 2.37. The summed E-state index contributed by atoms with van der Waals surface area (Å²) < 4.78 is 4.29. The lowest BCUT2D eigenvalue weighted by molar-refractivity contribution is -0.132. The van der Waals surface area contributed by atoms with Gasteiger partial charge in [0, 0.05) is 71.7 Å². The number of hydrogen-bond acceptors (Lipinski definition) is 4. The van der Waals surface area contributed by atoms with Crippen LogP contribution in [0.3, 0.4) is 0 Å². The summed E-state index contributed by atoms with van der Waals surface area (Å²) in [7, 11) is 0. The zero-order valence-electron chi connectivity index (χ0n) is 29.1. The second kappa shape index (κ2) is 17.2. The van der Waals surface area contributed by atoms with Crippen molar-refractivity contribution < 1.29 is 4.79 Å². The van der Waals surface area contributed by atoms with Gasteiger partial charge in [0.1, 0.15) is 0 Å². The first-order valence-electron chi connectivity index (χ1n) is 18.3. The molecule has 8 rings (SSSR count). The lowest BCUT2D eigenvalue weighted by Crippen LogP contribution is -2.39. The van der Waals surface area contributed by atoms with Crippen molar-refractivity contribution in [2.45, 2.75) is 76.5 Å². The predicted octanol–water partition coefficient (Wildman–Crippen LogP) is 11.6. The van der Waals surface area contributed by atoms with Gasteiger partial charge in [0.25, 0.3) is 0 Å². The number of nitrogens with zero attached hydrogens (tertiary/aromatic N) is 3. The fourth-order valence-corrected chi connectivity index (χ4v) is 11.9. The molecule has 2 aliphatic carbocycles. The lowest BCUT2D eigenvalue weighted by atomic mass is 9.76. The fourth-order valence-electron chi connectivity index (χ4n) is 8.94. The molecule has 274 valence electrons. The van der Waals surface area contributed by atoms with E-state index in [1.807, 2.05) is 36.4 Å². The van der Waals surface area contributed by atoms with E-state index < -0.39 is 0 Å². The molecule has 0 radical (unpaired) electrons. The quantitative estimate of drug-likeness (QED) is 0.222. The van der Waals surface area contributed by atoms with Gasteiger partial charge in [-0.05, 0) is 178 Å². The van der Waals surface area contributed by atoms with Crippen LogP contribution >= 0.6 is 86.9 Å². The maximum absolute atomic E-state index is 12.1. The second-order valence-corrected chi connectivity index (χ2v) is 18.8. The maximum atomic E-state index is 12.1. The van der Waals surface area contributed by atoms with Crippen molar-refractivity contribution in [1.82, 2.24) is 20.2 Å². The van der Waals surface area contributed by atoms with Crippen LogP contribution in [0.2, 0.25) is 10.0 Å². The molecule has 11 heteroatoms. The van der Waals surface area contributed by atoms with Crippen molar-refractivity contribution in [3.8, 4) is 0 Å². The van der Waals surface area contributed by atoms with Crippen LogP contribution in [-0.4, -0.2) is 47.0 Å². The van der Waals surface area contributed by atoms with E-state index in [4.69, 9.17) is 33.2 Å². The van der Waals surface area contributed by atoms with Crippen LogP contribution in [0.15, 0.2) is 66.7 Å². The smallest absolute Gasteiger partial charge is 0.222 e. The molecule has 2 aliphatic heterocycles. The molecule has 0 saturated carbocycles. The SMILES string of the molecule is CCC(=O)N1CCC([C@H]2c3ncc(Br)cc3CCc3cc(Cl)cc(Br)c32)CC1.Clc1cc(Br)c2c(c1)CCc1cc(Br)cnc1[C@@H]2C1CCNCC1. The number of hydrogen-bond donors (Lipinski definition) is 1. The Kier molecular flexibility index (Phi) is 12.9. The number of halogens is 6. The normalized spacial score (nSPS) is 20.3. The largest absolute Gasteiger partial charge is 0.343 e. The molecule has 4 aliphatic rings. The Morgan fingerprint density at radius 2 is 1.13 bits per heavy atom. The molecule has 4 aromatic rings. The maximum Gasteiger partial charge on any atom is 0.222 e.